The molecule has 0 radical (unpaired) electrons. The summed E-state index contributed by atoms with van der Waals surface area (Å²) in [5, 5.41) is 11.5. The van der Waals surface area contributed by atoms with Gasteiger partial charge < -0.3 is 0 Å². The van der Waals surface area contributed by atoms with Gasteiger partial charge in [0.25, 0.3) is 5.69 Å². The minimum absolute atomic E-state index is 0.119. The average molecular weight is 325 g/mol. The molecular formula is C12H9BrN2O2S. The molecule has 0 spiro atoms. The summed E-state index contributed by atoms with van der Waals surface area (Å²) < 4.78 is 0.931. The Morgan fingerprint density at radius 2 is 2.17 bits per heavy atom. The fourth-order valence-electron chi connectivity index (χ4n) is 1.39. The highest BCUT2D eigenvalue weighted by atomic mass is 79.9. The molecule has 0 aliphatic carbocycles. The zero-order chi connectivity index (χ0) is 13.0. The molecule has 0 aliphatic rings. The summed E-state index contributed by atoms with van der Waals surface area (Å²) in [6.45, 7) is 0. The van der Waals surface area contributed by atoms with E-state index in [1.807, 2.05) is 18.2 Å². The smallest absolute Gasteiger partial charge is 0.258 e. The van der Waals surface area contributed by atoms with E-state index in [2.05, 4.69) is 20.9 Å². The van der Waals surface area contributed by atoms with Gasteiger partial charge in [0.2, 0.25) is 0 Å². The van der Waals surface area contributed by atoms with Crippen molar-refractivity contribution in [3.8, 4) is 0 Å². The van der Waals surface area contributed by atoms with Crippen LogP contribution in [0.25, 0.3) is 0 Å². The van der Waals surface area contributed by atoms with Gasteiger partial charge in [0.15, 0.2) is 0 Å². The lowest BCUT2D eigenvalue weighted by Crippen LogP contribution is -1.89. The molecule has 0 saturated heterocycles. The highest BCUT2D eigenvalue weighted by molar-refractivity contribution is 9.10. The van der Waals surface area contributed by atoms with Gasteiger partial charge in [-0.1, -0.05) is 12.1 Å². The predicted molar refractivity (Wildman–Crippen MR) is 74.6 cm³/mol. The van der Waals surface area contributed by atoms with Crippen LogP contribution in [0.1, 0.15) is 5.56 Å². The van der Waals surface area contributed by atoms with Crippen LogP contribution in [0.5, 0.6) is 0 Å². The first-order valence-electron chi connectivity index (χ1n) is 5.13. The normalized spacial score (nSPS) is 10.3. The van der Waals surface area contributed by atoms with Crippen LogP contribution in [0.15, 0.2) is 52.1 Å². The second kappa shape index (κ2) is 5.97. The maximum absolute atomic E-state index is 10.7. The molecule has 1 aromatic heterocycles. The highest BCUT2D eigenvalue weighted by Crippen LogP contribution is 2.28. The number of non-ortho nitro benzene ring substituents is 1. The van der Waals surface area contributed by atoms with Gasteiger partial charge in [0.05, 0.1) is 4.92 Å². The third-order valence-electron chi connectivity index (χ3n) is 2.22. The number of hydrogen-bond acceptors (Lipinski definition) is 4. The number of thioether (sulfide) groups is 1. The first kappa shape index (κ1) is 13.0. The average Bonchev–Trinajstić information content (AvgIpc) is 2.38. The van der Waals surface area contributed by atoms with Crippen LogP contribution < -0.4 is 0 Å². The zero-order valence-electron chi connectivity index (χ0n) is 9.25. The molecule has 0 bridgehead atoms. The second-order valence-electron chi connectivity index (χ2n) is 3.51. The van der Waals surface area contributed by atoms with Crippen LogP contribution in [0.2, 0.25) is 0 Å². The molecule has 2 aromatic rings. The maximum atomic E-state index is 10.7. The van der Waals surface area contributed by atoms with Crippen molar-refractivity contribution in [3.05, 3.63) is 62.7 Å². The summed E-state index contributed by atoms with van der Waals surface area (Å²) in [7, 11) is 0. The van der Waals surface area contributed by atoms with Crippen LogP contribution >= 0.6 is 27.7 Å². The van der Waals surface area contributed by atoms with Crippen molar-refractivity contribution in [3.63, 3.8) is 0 Å². The Hall–Kier alpha value is -1.40. The van der Waals surface area contributed by atoms with Crippen LogP contribution in [0, 0.1) is 10.1 Å². The van der Waals surface area contributed by atoms with Crippen molar-refractivity contribution >= 4 is 33.4 Å². The van der Waals surface area contributed by atoms with Gasteiger partial charge in [-0.2, -0.15) is 0 Å². The Kier molecular flexibility index (Phi) is 4.33. The Morgan fingerprint density at radius 1 is 1.33 bits per heavy atom. The highest BCUT2D eigenvalue weighted by Gasteiger charge is 2.07. The van der Waals surface area contributed by atoms with E-state index in [1.165, 1.54) is 17.8 Å². The monoisotopic (exact) mass is 324 g/mol. The van der Waals surface area contributed by atoms with E-state index in [9.17, 15) is 10.1 Å². The molecule has 1 aromatic carbocycles. The molecule has 0 atom stereocenters. The fraction of sp³-hybridized carbons (Fsp3) is 0.0833. The molecular weight excluding hydrogens is 316 g/mol. The number of nitrogens with zero attached hydrogens (tertiary/aromatic N) is 2. The Labute approximate surface area is 117 Å². The number of halogens is 1. The van der Waals surface area contributed by atoms with E-state index >= 15 is 0 Å². The second-order valence-corrected chi connectivity index (χ2v) is 5.32. The summed E-state index contributed by atoms with van der Waals surface area (Å²) in [5.41, 5.74) is 1.03. The lowest BCUT2D eigenvalue weighted by molar-refractivity contribution is -0.384. The predicted octanol–water partition coefficient (Wildman–Crippen LogP) is 4.04. The minimum Gasteiger partial charge on any atom is -0.258 e. The molecule has 92 valence electrons. The summed E-state index contributed by atoms with van der Waals surface area (Å²) in [4.78, 5) is 14.5. The van der Waals surface area contributed by atoms with E-state index in [1.54, 1.807) is 18.3 Å². The number of benzene rings is 1. The van der Waals surface area contributed by atoms with Gasteiger partial charge in [-0.3, -0.25) is 10.1 Å². The lowest BCUT2D eigenvalue weighted by atomic mass is 10.2. The molecule has 0 amide bonds. The van der Waals surface area contributed by atoms with E-state index in [-0.39, 0.29) is 10.6 Å². The standard InChI is InChI=1S/C12H9BrN2O2S/c13-11-5-2-6-14-12(11)18-8-9-3-1-4-10(7-9)15(16)17/h1-7H,8H2. The van der Waals surface area contributed by atoms with Gasteiger partial charge in [0, 0.05) is 28.6 Å². The molecule has 0 aliphatic heterocycles. The molecule has 0 unspecified atom stereocenters. The Bertz CT molecular complexity index is 578. The molecule has 0 saturated carbocycles. The van der Waals surface area contributed by atoms with E-state index in [0.29, 0.717) is 5.75 Å². The first-order valence-corrected chi connectivity index (χ1v) is 6.91. The lowest BCUT2D eigenvalue weighted by Gasteiger charge is -2.03. The van der Waals surface area contributed by atoms with Crippen LogP contribution in [0.4, 0.5) is 5.69 Å². The molecule has 1 heterocycles. The number of rotatable bonds is 4. The van der Waals surface area contributed by atoms with Crippen molar-refractivity contribution in [2.45, 2.75) is 10.8 Å². The van der Waals surface area contributed by atoms with Crippen molar-refractivity contribution in [1.82, 2.24) is 4.98 Å². The summed E-state index contributed by atoms with van der Waals surface area (Å²) in [6.07, 6.45) is 1.72. The van der Waals surface area contributed by atoms with Crippen LogP contribution in [-0.4, -0.2) is 9.91 Å². The van der Waals surface area contributed by atoms with Gasteiger partial charge in [-0.15, -0.1) is 11.8 Å². The molecule has 4 nitrogen and oxygen atoms in total. The van der Waals surface area contributed by atoms with Crippen LogP contribution in [0.3, 0.4) is 0 Å². The number of hydrogen-bond donors (Lipinski definition) is 0. The molecule has 2 rings (SSSR count). The third-order valence-corrected chi connectivity index (χ3v) is 4.20. The SMILES string of the molecule is O=[N+]([O-])c1cccc(CSc2ncccc2Br)c1. The Balaban J connectivity index is 2.09. The molecule has 6 heteroatoms. The maximum Gasteiger partial charge on any atom is 0.269 e. The van der Waals surface area contributed by atoms with E-state index < -0.39 is 0 Å². The van der Waals surface area contributed by atoms with Crippen molar-refractivity contribution < 1.29 is 4.92 Å². The van der Waals surface area contributed by atoms with Crippen LogP contribution in [-0.2, 0) is 5.75 Å². The van der Waals surface area contributed by atoms with Gasteiger partial charge in [-0.25, -0.2) is 4.98 Å². The van der Waals surface area contributed by atoms with Crippen molar-refractivity contribution in [2.75, 3.05) is 0 Å². The largest absolute Gasteiger partial charge is 0.269 e. The summed E-state index contributed by atoms with van der Waals surface area (Å²) in [5.74, 6) is 0.650. The van der Waals surface area contributed by atoms with Crippen molar-refractivity contribution in [1.29, 1.82) is 0 Å². The van der Waals surface area contributed by atoms with Gasteiger partial charge >= 0.3 is 0 Å². The third kappa shape index (κ3) is 3.30. The summed E-state index contributed by atoms with van der Waals surface area (Å²) in [6, 6.07) is 10.4. The molecule has 18 heavy (non-hydrogen) atoms. The molecule has 0 N–H and O–H groups in total. The topological polar surface area (TPSA) is 56.0 Å². The quantitative estimate of drug-likeness (QED) is 0.483. The van der Waals surface area contributed by atoms with Crippen molar-refractivity contribution in [2.24, 2.45) is 0 Å². The van der Waals surface area contributed by atoms with Gasteiger partial charge in [0.1, 0.15) is 5.03 Å². The van der Waals surface area contributed by atoms with E-state index in [4.69, 9.17) is 0 Å². The van der Waals surface area contributed by atoms with E-state index in [0.717, 1.165) is 15.1 Å². The zero-order valence-corrected chi connectivity index (χ0v) is 11.6. The first-order chi connectivity index (χ1) is 8.66. The summed E-state index contributed by atoms with van der Waals surface area (Å²) >= 11 is 4.96. The molecule has 0 fully saturated rings. The minimum atomic E-state index is -0.384. The number of pyridine rings is 1. The fourth-order valence-corrected chi connectivity index (χ4v) is 2.81. The number of nitro groups is 1. The number of aromatic nitrogens is 1. The van der Waals surface area contributed by atoms with Gasteiger partial charge in [-0.05, 0) is 33.6 Å². The Morgan fingerprint density at radius 3 is 2.89 bits per heavy atom. The number of nitro benzene ring substituents is 1.